The number of carbonyl (C=O) groups is 1. The second kappa shape index (κ2) is 8.84. The first-order chi connectivity index (χ1) is 14.1. The van der Waals surface area contributed by atoms with Crippen LogP contribution in [0.3, 0.4) is 0 Å². The van der Waals surface area contributed by atoms with Crippen LogP contribution in [0.25, 0.3) is 11.1 Å². The molecular weight excluding hydrogens is 373 g/mol. The van der Waals surface area contributed by atoms with Crippen LogP contribution in [0.5, 0.6) is 0 Å². The maximum Gasteiger partial charge on any atom is 0.237 e. The predicted molar refractivity (Wildman–Crippen MR) is 107 cm³/mol. The van der Waals surface area contributed by atoms with Gasteiger partial charge >= 0.3 is 0 Å². The summed E-state index contributed by atoms with van der Waals surface area (Å²) in [6.45, 7) is 3.94. The van der Waals surface area contributed by atoms with Crippen LogP contribution in [0.15, 0.2) is 30.5 Å². The van der Waals surface area contributed by atoms with E-state index in [1.165, 1.54) is 12.1 Å². The zero-order chi connectivity index (χ0) is 20.2. The maximum absolute atomic E-state index is 13.4. The van der Waals surface area contributed by atoms with E-state index in [0.29, 0.717) is 26.3 Å². The summed E-state index contributed by atoms with van der Waals surface area (Å²) < 4.78 is 18.8. The van der Waals surface area contributed by atoms with Gasteiger partial charge in [0, 0.05) is 31.4 Å². The average Bonchev–Trinajstić information content (AvgIpc) is 2.75. The number of aromatic nitrogens is 2. The van der Waals surface area contributed by atoms with Gasteiger partial charge in [0.1, 0.15) is 5.82 Å². The number of hydrogen-bond donors (Lipinski definition) is 1. The molecule has 0 aliphatic carbocycles. The van der Waals surface area contributed by atoms with Crippen molar-refractivity contribution >= 4 is 11.9 Å². The molecule has 2 aliphatic heterocycles. The lowest BCUT2D eigenvalue weighted by molar-refractivity contribution is -0.137. The van der Waals surface area contributed by atoms with Gasteiger partial charge in [-0.25, -0.2) is 14.4 Å². The molecule has 0 radical (unpaired) electrons. The van der Waals surface area contributed by atoms with Gasteiger partial charge in [-0.2, -0.15) is 0 Å². The first kappa shape index (κ1) is 19.7. The molecule has 29 heavy (non-hydrogen) atoms. The Balaban J connectivity index is 1.63. The maximum atomic E-state index is 13.4. The van der Waals surface area contributed by atoms with E-state index >= 15 is 0 Å². The summed E-state index contributed by atoms with van der Waals surface area (Å²) in [7, 11) is 0. The van der Waals surface area contributed by atoms with Crippen LogP contribution >= 0.6 is 0 Å². The summed E-state index contributed by atoms with van der Waals surface area (Å²) in [5, 5.41) is 0. The van der Waals surface area contributed by atoms with E-state index in [4.69, 9.17) is 10.5 Å². The largest absolute Gasteiger partial charge is 0.379 e. The Labute approximate surface area is 169 Å². The third kappa shape index (κ3) is 4.54. The molecular formula is C21H26FN5O2. The molecule has 0 unspecified atom stereocenters. The summed E-state index contributed by atoms with van der Waals surface area (Å²) in [6.07, 6.45) is 4.47. The van der Waals surface area contributed by atoms with Crippen molar-refractivity contribution in [1.82, 2.24) is 19.8 Å². The molecule has 2 saturated heterocycles. The summed E-state index contributed by atoms with van der Waals surface area (Å²) in [5.74, 6) is -0.0255. The van der Waals surface area contributed by atoms with Crippen molar-refractivity contribution in [2.45, 2.75) is 25.3 Å². The first-order valence-electron chi connectivity index (χ1n) is 10.1. The summed E-state index contributed by atoms with van der Waals surface area (Å²) in [4.78, 5) is 25.9. The fourth-order valence-corrected chi connectivity index (χ4v) is 4.07. The van der Waals surface area contributed by atoms with E-state index in [-0.39, 0.29) is 23.7 Å². The fourth-order valence-electron chi connectivity index (χ4n) is 4.07. The number of ether oxygens (including phenoxy) is 1. The van der Waals surface area contributed by atoms with Crippen LogP contribution in [0.4, 0.5) is 10.3 Å². The van der Waals surface area contributed by atoms with Crippen molar-refractivity contribution in [3.63, 3.8) is 0 Å². The van der Waals surface area contributed by atoms with Gasteiger partial charge in [0.25, 0.3) is 0 Å². The molecule has 2 aliphatic rings. The third-order valence-corrected chi connectivity index (χ3v) is 5.59. The number of nitrogen functional groups attached to an aromatic ring is 1. The molecule has 2 aromatic rings. The van der Waals surface area contributed by atoms with Gasteiger partial charge in [-0.15, -0.1) is 0 Å². The van der Waals surface area contributed by atoms with Crippen LogP contribution in [0.2, 0.25) is 0 Å². The van der Waals surface area contributed by atoms with Gasteiger partial charge in [-0.05, 0) is 37.0 Å². The topological polar surface area (TPSA) is 84.6 Å². The van der Waals surface area contributed by atoms with Crippen LogP contribution in [0, 0.1) is 5.82 Å². The van der Waals surface area contributed by atoms with Crippen molar-refractivity contribution < 1.29 is 13.9 Å². The smallest absolute Gasteiger partial charge is 0.237 e. The molecule has 0 saturated carbocycles. The molecule has 1 aromatic heterocycles. The Morgan fingerprint density at radius 3 is 2.69 bits per heavy atom. The Hall–Kier alpha value is -2.58. The minimum absolute atomic E-state index is 0.0961. The monoisotopic (exact) mass is 399 g/mol. The number of nitrogens with zero attached hydrogens (tertiary/aromatic N) is 4. The standard InChI is InChI=1S/C21H26FN5O2/c22-16-6-4-15(5-7-16)17-13-24-21(23)25-20(17)18-3-1-2-8-27(18)19(28)14-26-9-11-29-12-10-26/h4-7,13,18H,1-3,8-12,14H2,(H2,23,24,25)/t18-/m0/s1. The van der Waals surface area contributed by atoms with E-state index in [1.807, 2.05) is 4.90 Å². The molecule has 4 rings (SSSR count). The Bertz CT molecular complexity index is 855. The van der Waals surface area contributed by atoms with Crippen molar-refractivity contribution in [2.75, 3.05) is 45.1 Å². The zero-order valence-corrected chi connectivity index (χ0v) is 16.4. The number of anilines is 1. The summed E-state index contributed by atoms with van der Waals surface area (Å²) in [6, 6.07) is 6.07. The molecule has 1 amide bonds. The second-order valence-electron chi connectivity index (χ2n) is 7.52. The molecule has 3 heterocycles. The van der Waals surface area contributed by atoms with Gasteiger partial charge in [-0.1, -0.05) is 12.1 Å². The minimum atomic E-state index is -0.299. The van der Waals surface area contributed by atoms with Gasteiger partial charge in [0.05, 0.1) is 31.5 Å². The zero-order valence-electron chi connectivity index (χ0n) is 16.4. The number of rotatable bonds is 4. The number of morpholine rings is 1. The lowest BCUT2D eigenvalue weighted by Gasteiger charge is -2.38. The lowest BCUT2D eigenvalue weighted by atomic mass is 9.93. The Kier molecular flexibility index (Phi) is 6.01. The van der Waals surface area contributed by atoms with E-state index in [2.05, 4.69) is 14.9 Å². The van der Waals surface area contributed by atoms with E-state index in [9.17, 15) is 9.18 Å². The Morgan fingerprint density at radius 2 is 1.93 bits per heavy atom. The van der Waals surface area contributed by atoms with E-state index in [0.717, 1.165) is 49.2 Å². The molecule has 1 atom stereocenters. The number of benzene rings is 1. The molecule has 2 N–H and O–H groups in total. The van der Waals surface area contributed by atoms with Crippen LogP contribution in [0.1, 0.15) is 31.0 Å². The average molecular weight is 399 g/mol. The number of amides is 1. The van der Waals surface area contributed by atoms with E-state index < -0.39 is 0 Å². The minimum Gasteiger partial charge on any atom is -0.379 e. The van der Waals surface area contributed by atoms with Gasteiger partial charge in [0.15, 0.2) is 0 Å². The van der Waals surface area contributed by atoms with Crippen molar-refractivity contribution in [3.05, 3.63) is 42.0 Å². The van der Waals surface area contributed by atoms with Crippen molar-refractivity contribution in [3.8, 4) is 11.1 Å². The SMILES string of the molecule is Nc1ncc(-c2ccc(F)cc2)c([C@@H]2CCCCN2C(=O)CN2CCOCC2)n1. The van der Waals surface area contributed by atoms with Crippen LogP contribution in [-0.4, -0.2) is 65.1 Å². The van der Waals surface area contributed by atoms with Crippen molar-refractivity contribution in [1.29, 1.82) is 0 Å². The number of carbonyl (C=O) groups excluding carboxylic acids is 1. The predicted octanol–water partition coefficient (Wildman–Crippen LogP) is 2.25. The van der Waals surface area contributed by atoms with Crippen molar-refractivity contribution in [2.24, 2.45) is 0 Å². The van der Waals surface area contributed by atoms with Gasteiger partial charge < -0.3 is 15.4 Å². The van der Waals surface area contributed by atoms with Crippen LogP contribution in [-0.2, 0) is 9.53 Å². The third-order valence-electron chi connectivity index (χ3n) is 5.59. The number of piperidine rings is 1. The second-order valence-corrected chi connectivity index (χ2v) is 7.52. The van der Waals surface area contributed by atoms with E-state index in [1.54, 1.807) is 18.3 Å². The lowest BCUT2D eigenvalue weighted by Crippen LogP contribution is -2.47. The molecule has 7 nitrogen and oxygen atoms in total. The fraction of sp³-hybridized carbons (Fsp3) is 0.476. The Morgan fingerprint density at radius 1 is 1.17 bits per heavy atom. The molecule has 0 spiro atoms. The number of hydrogen-bond acceptors (Lipinski definition) is 6. The highest BCUT2D eigenvalue weighted by atomic mass is 19.1. The van der Waals surface area contributed by atoms with Gasteiger partial charge in [-0.3, -0.25) is 9.69 Å². The highest BCUT2D eigenvalue weighted by molar-refractivity contribution is 5.79. The number of likely N-dealkylation sites (tertiary alicyclic amines) is 1. The molecule has 154 valence electrons. The molecule has 0 bridgehead atoms. The normalized spacial score (nSPS) is 20.6. The highest BCUT2D eigenvalue weighted by Crippen LogP contribution is 2.36. The summed E-state index contributed by atoms with van der Waals surface area (Å²) in [5.41, 5.74) is 8.23. The molecule has 2 fully saturated rings. The quantitative estimate of drug-likeness (QED) is 0.849. The number of nitrogens with two attached hydrogens (primary N) is 1. The van der Waals surface area contributed by atoms with Crippen LogP contribution < -0.4 is 5.73 Å². The van der Waals surface area contributed by atoms with Gasteiger partial charge in [0.2, 0.25) is 11.9 Å². The summed E-state index contributed by atoms with van der Waals surface area (Å²) >= 11 is 0. The number of halogens is 1. The molecule has 1 aromatic carbocycles. The molecule has 8 heteroatoms. The first-order valence-corrected chi connectivity index (χ1v) is 10.1. The highest BCUT2D eigenvalue weighted by Gasteiger charge is 2.32.